The summed E-state index contributed by atoms with van der Waals surface area (Å²) in [5.74, 6) is 0.0731. The van der Waals surface area contributed by atoms with Gasteiger partial charge in [0.15, 0.2) is 5.15 Å². The zero-order valence-electron chi connectivity index (χ0n) is 12.5. The molecule has 10 heteroatoms. The van der Waals surface area contributed by atoms with Gasteiger partial charge >= 0.3 is 0 Å². The molecule has 0 N–H and O–H groups in total. The van der Waals surface area contributed by atoms with Gasteiger partial charge < -0.3 is 4.84 Å². The third-order valence-corrected chi connectivity index (χ3v) is 4.88. The third-order valence-electron chi connectivity index (χ3n) is 3.59. The van der Waals surface area contributed by atoms with Crippen LogP contribution in [0.3, 0.4) is 0 Å². The minimum absolute atomic E-state index is 0.0557. The van der Waals surface area contributed by atoms with E-state index in [0.717, 1.165) is 6.42 Å². The van der Waals surface area contributed by atoms with Gasteiger partial charge in [-0.3, -0.25) is 4.68 Å². The Balaban J connectivity index is 2.12. The second-order valence-electron chi connectivity index (χ2n) is 5.37. The summed E-state index contributed by atoms with van der Waals surface area (Å²) in [4.78, 5) is 5.32. The van der Waals surface area contributed by atoms with E-state index < -0.39 is 30.7 Å². The fourth-order valence-electron chi connectivity index (χ4n) is 2.10. The Bertz CT molecular complexity index is 596. The van der Waals surface area contributed by atoms with Gasteiger partial charge in [0.1, 0.15) is 22.9 Å². The summed E-state index contributed by atoms with van der Waals surface area (Å²) < 4.78 is 51.9. The van der Waals surface area contributed by atoms with Crippen molar-refractivity contribution in [1.29, 1.82) is 0 Å². The Labute approximate surface area is 140 Å². The van der Waals surface area contributed by atoms with Gasteiger partial charge in [0.2, 0.25) is 0 Å². The average Bonchev–Trinajstić information content (AvgIpc) is 2.97. The first-order valence-electron chi connectivity index (χ1n) is 6.95. The normalized spacial score (nSPS) is 21.2. The summed E-state index contributed by atoms with van der Waals surface area (Å²) >= 11 is 7.05. The molecule has 0 saturated carbocycles. The van der Waals surface area contributed by atoms with Crippen LogP contribution in [0.2, 0.25) is 5.15 Å². The van der Waals surface area contributed by atoms with Crippen LogP contribution >= 0.6 is 23.4 Å². The van der Waals surface area contributed by atoms with E-state index in [4.69, 9.17) is 16.4 Å². The lowest BCUT2D eigenvalue weighted by Gasteiger charge is -2.18. The zero-order chi connectivity index (χ0) is 17.2. The second-order valence-corrected chi connectivity index (χ2v) is 6.78. The van der Waals surface area contributed by atoms with E-state index >= 15 is 0 Å². The van der Waals surface area contributed by atoms with Crippen LogP contribution in [0, 0.1) is 0 Å². The third kappa shape index (κ3) is 4.32. The number of oxime groups is 1. The van der Waals surface area contributed by atoms with E-state index in [1.807, 2.05) is 13.8 Å². The largest absolute Gasteiger partial charge is 0.388 e. The number of hydrogen-bond donors (Lipinski definition) is 0. The Hall–Kier alpha value is -0.960. The predicted molar refractivity (Wildman–Crippen MR) is 81.3 cm³/mol. The highest BCUT2D eigenvalue weighted by atomic mass is 35.5. The first-order valence-corrected chi connectivity index (χ1v) is 8.31. The Morgan fingerprint density at radius 2 is 2.09 bits per heavy atom. The summed E-state index contributed by atoms with van der Waals surface area (Å²) in [6.45, 7) is 2.95. The molecular formula is C13H16ClF4N3OS. The van der Waals surface area contributed by atoms with Crippen LogP contribution in [0.1, 0.15) is 44.4 Å². The van der Waals surface area contributed by atoms with Crippen molar-refractivity contribution in [2.24, 2.45) is 5.16 Å². The molecule has 2 rings (SSSR count). The number of hydrogen-bond acceptors (Lipinski definition) is 4. The van der Waals surface area contributed by atoms with Crippen molar-refractivity contribution in [2.75, 3.05) is 0 Å². The van der Waals surface area contributed by atoms with E-state index in [0.29, 0.717) is 16.1 Å². The van der Waals surface area contributed by atoms with E-state index in [1.165, 1.54) is 11.8 Å². The Morgan fingerprint density at radius 3 is 2.61 bits per heavy atom. The molecule has 0 bridgehead atoms. The lowest BCUT2D eigenvalue weighted by Crippen LogP contribution is -2.22. The molecule has 130 valence electrons. The van der Waals surface area contributed by atoms with Crippen molar-refractivity contribution in [3.05, 3.63) is 16.4 Å². The lowest BCUT2D eigenvalue weighted by molar-refractivity contribution is -0.00605. The van der Waals surface area contributed by atoms with Gasteiger partial charge in [-0.05, 0) is 13.3 Å². The smallest absolute Gasteiger partial charge is 0.280 e. The van der Waals surface area contributed by atoms with E-state index in [1.54, 1.807) is 0 Å². The number of rotatable bonds is 6. The van der Waals surface area contributed by atoms with Crippen LogP contribution in [-0.4, -0.2) is 26.9 Å². The quantitative estimate of drug-likeness (QED) is 0.667. The molecule has 1 unspecified atom stereocenters. The number of aromatic nitrogens is 2. The van der Waals surface area contributed by atoms with Gasteiger partial charge in [-0.15, -0.1) is 11.8 Å². The fraction of sp³-hybridized carbons (Fsp3) is 0.692. The van der Waals surface area contributed by atoms with Crippen LogP contribution < -0.4 is 0 Å². The van der Waals surface area contributed by atoms with Crippen LogP contribution in [0.5, 0.6) is 0 Å². The molecule has 1 aromatic rings. The van der Waals surface area contributed by atoms with E-state index in [-0.39, 0.29) is 16.5 Å². The summed E-state index contributed by atoms with van der Waals surface area (Å²) in [6.07, 6.45) is -4.40. The number of nitrogens with zero attached hydrogens (tertiary/aromatic N) is 3. The maximum Gasteiger partial charge on any atom is 0.280 e. The van der Waals surface area contributed by atoms with Crippen molar-refractivity contribution in [3.63, 3.8) is 0 Å². The minimum Gasteiger partial charge on any atom is -0.388 e. The highest BCUT2D eigenvalue weighted by molar-refractivity contribution is 8.13. The molecule has 0 fully saturated rings. The summed E-state index contributed by atoms with van der Waals surface area (Å²) in [7, 11) is 0. The Morgan fingerprint density at radius 1 is 1.39 bits per heavy atom. The molecule has 2 heterocycles. The molecule has 0 aromatic carbocycles. The first kappa shape index (κ1) is 18.4. The van der Waals surface area contributed by atoms with Gasteiger partial charge in [-0.1, -0.05) is 23.7 Å². The van der Waals surface area contributed by atoms with Gasteiger partial charge in [0, 0.05) is 17.7 Å². The van der Waals surface area contributed by atoms with Crippen LogP contribution in [0.4, 0.5) is 17.6 Å². The van der Waals surface area contributed by atoms with Crippen LogP contribution in [0.25, 0.3) is 0 Å². The highest BCUT2D eigenvalue weighted by Crippen LogP contribution is 2.36. The molecule has 1 aliphatic heterocycles. The maximum atomic E-state index is 13.2. The van der Waals surface area contributed by atoms with E-state index in [9.17, 15) is 17.6 Å². The Kier molecular flexibility index (Phi) is 5.83. The van der Waals surface area contributed by atoms with Crippen molar-refractivity contribution in [3.8, 4) is 0 Å². The molecule has 1 aromatic heterocycles. The zero-order valence-corrected chi connectivity index (χ0v) is 14.1. The van der Waals surface area contributed by atoms with Gasteiger partial charge in [-0.2, -0.15) is 5.10 Å². The molecular weight excluding hydrogens is 358 g/mol. The standard InChI is InChI=1S/C13H16ClF4N3OS/c1-3-13(2)4-9(20-22-13)23-6-7-10(12(17)18)21(5-8(15)16)19-11(7)14/h8,12H,3-6H2,1-2H3. The van der Waals surface area contributed by atoms with Crippen LogP contribution in [-0.2, 0) is 17.1 Å². The number of alkyl halides is 4. The molecule has 1 atom stereocenters. The van der Waals surface area contributed by atoms with Gasteiger partial charge in [0.05, 0.1) is 0 Å². The molecule has 4 nitrogen and oxygen atoms in total. The lowest BCUT2D eigenvalue weighted by atomic mass is 10.0. The van der Waals surface area contributed by atoms with Crippen molar-refractivity contribution >= 4 is 28.4 Å². The molecule has 0 spiro atoms. The average molecular weight is 374 g/mol. The first-order chi connectivity index (χ1) is 10.8. The minimum atomic E-state index is -2.94. The van der Waals surface area contributed by atoms with Crippen molar-refractivity contribution in [1.82, 2.24) is 9.78 Å². The maximum absolute atomic E-state index is 13.2. The van der Waals surface area contributed by atoms with Crippen molar-refractivity contribution in [2.45, 2.75) is 57.4 Å². The molecule has 0 radical (unpaired) electrons. The summed E-state index contributed by atoms with van der Waals surface area (Å²) in [6, 6.07) is 0. The summed E-state index contributed by atoms with van der Waals surface area (Å²) in [5.41, 5.74) is -0.905. The second kappa shape index (κ2) is 7.29. The monoisotopic (exact) mass is 373 g/mol. The predicted octanol–water partition coefficient (Wildman–Crippen LogP) is 4.87. The van der Waals surface area contributed by atoms with Gasteiger partial charge in [-0.25, -0.2) is 17.6 Å². The molecule has 0 saturated heterocycles. The number of halogens is 5. The number of thioether (sulfide) groups is 1. The molecule has 23 heavy (non-hydrogen) atoms. The SMILES string of the molecule is CCC1(C)CC(SCc2c(Cl)nn(CC(F)F)c2C(F)F)=NO1. The fourth-order valence-corrected chi connectivity index (χ4v) is 3.52. The summed E-state index contributed by atoms with van der Waals surface area (Å²) in [5, 5.41) is 8.01. The van der Waals surface area contributed by atoms with Gasteiger partial charge in [0.25, 0.3) is 12.9 Å². The molecule has 0 aliphatic carbocycles. The molecule has 1 aliphatic rings. The highest BCUT2D eigenvalue weighted by Gasteiger charge is 2.33. The molecule has 0 amide bonds. The van der Waals surface area contributed by atoms with Crippen molar-refractivity contribution < 1.29 is 22.4 Å². The van der Waals surface area contributed by atoms with E-state index in [2.05, 4.69) is 10.3 Å². The van der Waals surface area contributed by atoms with Crippen LogP contribution in [0.15, 0.2) is 5.16 Å². The topological polar surface area (TPSA) is 39.4 Å².